The molecule has 1 aliphatic rings. The summed E-state index contributed by atoms with van der Waals surface area (Å²) in [6, 6.07) is 0. The van der Waals surface area contributed by atoms with E-state index in [0.717, 1.165) is 0 Å². The van der Waals surface area contributed by atoms with E-state index < -0.39 is 30.7 Å². The lowest BCUT2D eigenvalue weighted by Crippen LogP contribution is -2.60. The van der Waals surface area contributed by atoms with Crippen molar-refractivity contribution in [3.63, 3.8) is 0 Å². The fourth-order valence-electron chi connectivity index (χ4n) is 1.59. The van der Waals surface area contributed by atoms with E-state index in [-0.39, 0.29) is 13.4 Å². The Morgan fingerprint density at radius 1 is 1.19 bits per heavy atom. The van der Waals surface area contributed by atoms with Crippen LogP contribution in [0.3, 0.4) is 0 Å². The molecule has 96 valence electrons. The maximum Gasteiger partial charge on any atom is 0.186 e. The first-order valence-corrected chi connectivity index (χ1v) is 4.91. The first-order chi connectivity index (χ1) is 7.65. The largest absolute Gasteiger partial charge is 0.394 e. The summed E-state index contributed by atoms with van der Waals surface area (Å²) >= 11 is 0. The number of hydrogen-bond donors (Lipinski definition) is 3. The molecular weight excluding hydrogens is 220 g/mol. The number of methoxy groups -OCH3 is 2. The predicted octanol–water partition coefficient (Wildman–Crippen LogP) is -1.94. The average molecular weight is 238 g/mol. The number of aliphatic hydroxyl groups excluding tert-OH is 3. The van der Waals surface area contributed by atoms with Crippen molar-refractivity contribution >= 4 is 0 Å². The molecule has 7 nitrogen and oxygen atoms in total. The van der Waals surface area contributed by atoms with Gasteiger partial charge in [0.25, 0.3) is 0 Å². The van der Waals surface area contributed by atoms with Gasteiger partial charge in [0.05, 0.1) is 6.61 Å². The van der Waals surface area contributed by atoms with E-state index in [1.54, 1.807) is 0 Å². The third-order valence-electron chi connectivity index (χ3n) is 2.43. The summed E-state index contributed by atoms with van der Waals surface area (Å²) in [7, 11) is 2.78. The lowest BCUT2D eigenvalue weighted by molar-refractivity contribution is -0.309. The Kier molecular flexibility index (Phi) is 5.56. The smallest absolute Gasteiger partial charge is 0.186 e. The second kappa shape index (κ2) is 6.45. The summed E-state index contributed by atoms with van der Waals surface area (Å²) in [5, 5.41) is 28.5. The normalized spacial score (nSPS) is 39.9. The molecule has 16 heavy (non-hydrogen) atoms. The molecule has 7 heteroatoms. The van der Waals surface area contributed by atoms with Gasteiger partial charge < -0.3 is 34.3 Å². The topological polar surface area (TPSA) is 97.6 Å². The van der Waals surface area contributed by atoms with Crippen LogP contribution in [0.2, 0.25) is 0 Å². The number of aliphatic hydroxyl groups is 3. The van der Waals surface area contributed by atoms with Gasteiger partial charge in [0.1, 0.15) is 31.2 Å². The predicted molar refractivity (Wildman–Crippen MR) is 51.5 cm³/mol. The molecule has 1 rings (SSSR count). The number of rotatable bonds is 5. The highest BCUT2D eigenvalue weighted by molar-refractivity contribution is 4.89. The highest BCUT2D eigenvalue weighted by Gasteiger charge is 2.45. The number of hydrogen-bond acceptors (Lipinski definition) is 7. The molecule has 1 saturated heterocycles. The number of ether oxygens (including phenoxy) is 4. The molecule has 0 aliphatic carbocycles. The molecule has 0 aromatic heterocycles. The van der Waals surface area contributed by atoms with Crippen LogP contribution in [0, 0.1) is 0 Å². The Bertz CT molecular complexity index is 184. The molecule has 1 fully saturated rings. The fourth-order valence-corrected chi connectivity index (χ4v) is 1.59. The van der Waals surface area contributed by atoms with Crippen molar-refractivity contribution in [1.29, 1.82) is 0 Å². The molecule has 0 aromatic rings. The zero-order chi connectivity index (χ0) is 12.1. The molecule has 0 unspecified atom stereocenters. The van der Waals surface area contributed by atoms with Crippen LogP contribution in [-0.2, 0) is 18.9 Å². The van der Waals surface area contributed by atoms with E-state index in [0.29, 0.717) is 0 Å². The Balaban J connectivity index is 2.67. The highest BCUT2D eigenvalue weighted by Crippen LogP contribution is 2.23. The zero-order valence-corrected chi connectivity index (χ0v) is 9.28. The Hall–Kier alpha value is -0.280. The van der Waals surface area contributed by atoms with Crippen LogP contribution < -0.4 is 0 Å². The van der Waals surface area contributed by atoms with Crippen molar-refractivity contribution in [3.8, 4) is 0 Å². The van der Waals surface area contributed by atoms with Crippen LogP contribution >= 0.6 is 0 Å². The summed E-state index contributed by atoms with van der Waals surface area (Å²) in [6.45, 7) is -0.464. The van der Waals surface area contributed by atoms with Gasteiger partial charge in [-0.1, -0.05) is 0 Å². The van der Waals surface area contributed by atoms with Crippen molar-refractivity contribution in [3.05, 3.63) is 0 Å². The van der Waals surface area contributed by atoms with Gasteiger partial charge in [-0.05, 0) is 0 Å². The van der Waals surface area contributed by atoms with Gasteiger partial charge in [-0.25, -0.2) is 0 Å². The third kappa shape index (κ3) is 2.89. The van der Waals surface area contributed by atoms with Crippen LogP contribution in [0.25, 0.3) is 0 Å². The maximum absolute atomic E-state index is 9.77. The standard InChI is InChI=1S/C9H18O7/c1-13-4-15-8-6(11)5(3-10)16-9(14-2)7(8)12/h5-12H,3-4H2,1-2H3/t5-,6+,7-,8+,9+/m1/s1. The minimum atomic E-state index is -1.14. The van der Waals surface area contributed by atoms with Gasteiger partial charge in [0.15, 0.2) is 6.29 Å². The quantitative estimate of drug-likeness (QED) is 0.479. The van der Waals surface area contributed by atoms with E-state index >= 15 is 0 Å². The van der Waals surface area contributed by atoms with E-state index in [2.05, 4.69) is 0 Å². The average Bonchev–Trinajstić information content (AvgIpc) is 2.29. The molecule has 0 aromatic carbocycles. The lowest BCUT2D eigenvalue weighted by Gasteiger charge is -2.41. The van der Waals surface area contributed by atoms with Crippen molar-refractivity contribution in [2.75, 3.05) is 27.6 Å². The maximum atomic E-state index is 9.77. The van der Waals surface area contributed by atoms with Crippen molar-refractivity contribution in [2.24, 2.45) is 0 Å². The fraction of sp³-hybridized carbons (Fsp3) is 1.00. The molecule has 3 N–H and O–H groups in total. The van der Waals surface area contributed by atoms with Gasteiger partial charge in [-0.3, -0.25) is 0 Å². The second-order valence-electron chi connectivity index (χ2n) is 3.48. The van der Waals surface area contributed by atoms with Crippen LogP contribution in [0.15, 0.2) is 0 Å². The summed E-state index contributed by atoms with van der Waals surface area (Å²) in [5.74, 6) is 0. The molecule has 0 radical (unpaired) electrons. The summed E-state index contributed by atoms with van der Waals surface area (Å²) < 4.78 is 19.8. The summed E-state index contributed by atoms with van der Waals surface area (Å²) in [4.78, 5) is 0. The van der Waals surface area contributed by atoms with E-state index in [1.807, 2.05) is 0 Å². The molecule has 0 spiro atoms. The Labute approximate surface area is 93.5 Å². The van der Waals surface area contributed by atoms with E-state index in [1.165, 1.54) is 14.2 Å². The molecule has 0 saturated carbocycles. The first-order valence-electron chi connectivity index (χ1n) is 4.91. The van der Waals surface area contributed by atoms with Crippen molar-refractivity contribution < 1.29 is 34.3 Å². The van der Waals surface area contributed by atoms with Crippen molar-refractivity contribution in [2.45, 2.75) is 30.7 Å². The molecule has 1 heterocycles. The Morgan fingerprint density at radius 2 is 1.88 bits per heavy atom. The summed E-state index contributed by atoms with van der Waals surface area (Å²) in [6.07, 6.45) is -4.99. The summed E-state index contributed by atoms with van der Waals surface area (Å²) in [5.41, 5.74) is 0. The minimum Gasteiger partial charge on any atom is -0.394 e. The van der Waals surface area contributed by atoms with Gasteiger partial charge >= 0.3 is 0 Å². The van der Waals surface area contributed by atoms with Gasteiger partial charge in [-0.15, -0.1) is 0 Å². The van der Waals surface area contributed by atoms with Crippen LogP contribution in [-0.4, -0.2) is 73.6 Å². The molecule has 1 aliphatic heterocycles. The lowest BCUT2D eigenvalue weighted by atomic mass is 9.99. The van der Waals surface area contributed by atoms with Crippen LogP contribution in [0.1, 0.15) is 0 Å². The molecule has 5 atom stereocenters. The van der Waals surface area contributed by atoms with Gasteiger partial charge in [0, 0.05) is 14.2 Å². The highest BCUT2D eigenvalue weighted by atomic mass is 16.7. The van der Waals surface area contributed by atoms with Gasteiger partial charge in [0.2, 0.25) is 0 Å². The van der Waals surface area contributed by atoms with Crippen LogP contribution in [0.5, 0.6) is 0 Å². The van der Waals surface area contributed by atoms with E-state index in [4.69, 9.17) is 24.1 Å². The molecule has 0 amide bonds. The minimum absolute atomic E-state index is 0.0760. The van der Waals surface area contributed by atoms with Gasteiger partial charge in [-0.2, -0.15) is 0 Å². The molecule has 0 bridgehead atoms. The second-order valence-corrected chi connectivity index (χ2v) is 3.48. The Morgan fingerprint density at radius 3 is 2.38 bits per heavy atom. The SMILES string of the molecule is COCO[C@H]1[C@@H](O)[C@@H](CO)O[C@H](OC)[C@@H]1O. The monoisotopic (exact) mass is 238 g/mol. The van der Waals surface area contributed by atoms with E-state index in [9.17, 15) is 10.2 Å². The van der Waals surface area contributed by atoms with Crippen LogP contribution in [0.4, 0.5) is 0 Å². The third-order valence-corrected chi connectivity index (χ3v) is 2.43. The zero-order valence-electron chi connectivity index (χ0n) is 9.28. The van der Waals surface area contributed by atoms with Crippen molar-refractivity contribution in [1.82, 2.24) is 0 Å². The first kappa shape index (κ1) is 13.8. The molecular formula is C9H18O7.